The van der Waals surface area contributed by atoms with Crippen molar-refractivity contribution in [1.29, 1.82) is 0 Å². The second kappa shape index (κ2) is 2.73. The van der Waals surface area contributed by atoms with Gasteiger partial charge in [0.2, 0.25) is 5.91 Å². The van der Waals surface area contributed by atoms with E-state index in [9.17, 15) is 4.79 Å². The van der Waals surface area contributed by atoms with Crippen molar-refractivity contribution < 1.29 is 4.79 Å². The summed E-state index contributed by atoms with van der Waals surface area (Å²) in [6, 6.07) is 0.0353. The van der Waals surface area contributed by atoms with Crippen molar-refractivity contribution in [3.63, 3.8) is 0 Å². The van der Waals surface area contributed by atoms with Gasteiger partial charge in [0.05, 0.1) is 11.6 Å². The minimum Gasteiger partial charge on any atom is -0.352 e. The first kappa shape index (κ1) is 7.52. The standard InChI is InChI=1S/C6H10BrN3O/c7-5-2-9-6(11)4-1-8-3-10(4)5/h4-5,8H,1-3H2,(H,9,11). The van der Waals surface area contributed by atoms with Gasteiger partial charge in [-0.3, -0.25) is 9.69 Å². The van der Waals surface area contributed by atoms with Gasteiger partial charge in [0, 0.05) is 13.1 Å². The van der Waals surface area contributed by atoms with Crippen molar-refractivity contribution in [2.45, 2.75) is 11.0 Å². The second-order valence-corrected chi connectivity index (χ2v) is 3.88. The Morgan fingerprint density at radius 1 is 1.55 bits per heavy atom. The highest BCUT2D eigenvalue weighted by Gasteiger charge is 2.37. The Morgan fingerprint density at radius 3 is 3.09 bits per heavy atom. The third kappa shape index (κ3) is 1.17. The molecule has 2 heterocycles. The van der Waals surface area contributed by atoms with Crippen molar-refractivity contribution >= 4 is 21.8 Å². The summed E-state index contributed by atoms with van der Waals surface area (Å²) < 4.78 is 0. The molecule has 2 atom stereocenters. The van der Waals surface area contributed by atoms with Gasteiger partial charge in [-0.25, -0.2) is 0 Å². The Kier molecular flexibility index (Phi) is 1.86. The number of hydrogen-bond donors (Lipinski definition) is 2. The van der Waals surface area contributed by atoms with Crippen LogP contribution in [0.4, 0.5) is 0 Å². The zero-order chi connectivity index (χ0) is 7.84. The van der Waals surface area contributed by atoms with E-state index in [4.69, 9.17) is 0 Å². The number of piperazine rings is 1. The summed E-state index contributed by atoms with van der Waals surface area (Å²) in [5.74, 6) is 0.144. The van der Waals surface area contributed by atoms with Crippen LogP contribution in [0.1, 0.15) is 0 Å². The summed E-state index contributed by atoms with van der Waals surface area (Å²) >= 11 is 3.49. The largest absolute Gasteiger partial charge is 0.352 e. The molecular formula is C6H10BrN3O. The topological polar surface area (TPSA) is 44.4 Å². The van der Waals surface area contributed by atoms with E-state index in [1.807, 2.05) is 0 Å². The van der Waals surface area contributed by atoms with Gasteiger partial charge < -0.3 is 10.6 Å². The van der Waals surface area contributed by atoms with Crippen molar-refractivity contribution in [3.05, 3.63) is 0 Å². The summed E-state index contributed by atoms with van der Waals surface area (Å²) in [5, 5.41) is 6.00. The third-order valence-corrected chi connectivity index (χ3v) is 2.99. The van der Waals surface area contributed by atoms with E-state index in [1.165, 1.54) is 0 Å². The van der Waals surface area contributed by atoms with Crippen LogP contribution in [0, 0.1) is 0 Å². The minimum absolute atomic E-state index is 0.0353. The Labute approximate surface area is 73.4 Å². The number of fused-ring (bicyclic) bond motifs is 1. The smallest absolute Gasteiger partial charge is 0.238 e. The van der Waals surface area contributed by atoms with Gasteiger partial charge >= 0.3 is 0 Å². The molecule has 0 aromatic carbocycles. The van der Waals surface area contributed by atoms with Crippen molar-refractivity contribution in [3.8, 4) is 0 Å². The van der Waals surface area contributed by atoms with E-state index < -0.39 is 0 Å². The summed E-state index contributed by atoms with van der Waals surface area (Å²) in [6.07, 6.45) is 0. The van der Waals surface area contributed by atoms with Crippen LogP contribution >= 0.6 is 15.9 Å². The number of hydrogen-bond acceptors (Lipinski definition) is 3. The molecule has 0 radical (unpaired) electrons. The fraction of sp³-hybridized carbons (Fsp3) is 0.833. The molecule has 11 heavy (non-hydrogen) atoms. The van der Waals surface area contributed by atoms with Crippen LogP contribution in [-0.4, -0.2) is 41.6 Å². The van der Waals surface area contributed by atoms with Gasteiger partial charge in [-0.2, -0.15) is 0 Å². The molecule has 62 valence electrons. The van der Waals surface area contributed by atoms with Crippen LogP contribution < -0.4 is 10.6 Å². The molecule has 2 saturated heterocycles. The maximum absolute atomic E-state index is 11.2. The maximum Gasteiger partial charge on any atom is 0.238 e. The number of nitrogens with zero attached hydrogens (tertiary/aromatic N) is 1. The molecule has 2 aliphatic rings. The highest BCUT2D eigenvalue weighted by Crippen LogP contribution is 2.17. The quantitative estimate of drug-likeness (QED) is 0.409. The molecule has 4 nitrogen and oxygen atoms in total. The van der Waals surface area contributed by atoms with E-state index in [1.54, 1.807) is 0 Å². The van der Waals surface area contributed by atoms with Crippen LogP contribution in [0.2, 0.25) is 0 Å². The normalized spacial score (nSPS) is 38.5. The lowest BCUT2D eigenvalue weighted by Gasteiger charge is -2.32. The average Bonchev–Trinajstić information content (AvgIpc) is 2.45. The number of halogens is 1. The first-order chi connectivity index (χ1) is 5.29. The SMILES string of the molecule is O=C1NCC(Br)N2CNCC12. The first-order valence-electron chi connectivity index (χ1n) is 3.67. The number of carbonyl (C=O) groups is 1. The molecule has 5 heteroatoms. The Morgan fingerprint density at radius 2 is 2.36 bits per heavy atom. The van der Waals surface area contributed by atoms with Gasteiger partial charge in [-0.1, -0.05) is 15.9 Å². The van der Waals surface area contributed by atoms with Crippen LogP contribution in [0.5, 0.6) is 0 Å². The molecule has 1 amide bonds. The van der Waals surface area contributed by atoms with E-state index in [0.717, 1.165) is 13.2 Å². The fourth-order valence-corrected chi connectivity index (χ4v) is 2.11. The first-order valence-corrected chi connectivity index (χ1v) is 4.59. The van der Waals surface area contributed by atoms with Gasteiger partial charge in [-0.05, 0) is 0 Å². The number of amides is 1. The zero-order valence-electron chi connectivity index (χ0n) is 6.01. The zero-order valence-corrected chi connectivity index (χ0v) is 7.60. The summed E-state index contributed by atoms with van der Waals surface area (Å²) in [4.78, 5) is 13.6. The van der Waals surface area contributed by atoms with Crippen molar-refractivity contribution in [2.24, 2.45) is 0 Å². The Hall–Kier alpha value is -0.130. The second-order valence-electron chi connectivity index (χ2n) is 2.82. The molecule has 0 aliphatic carbocycles. The van der Waals surface area contributed by atoms with E-state index >= 15 is 0 Å². The van der Waals surface area contributed by atoms with Gasteiger partial charge in [0.15, 0.2) is 0 Å². The minimum atomic E-state index is 0.0353. The third-order valence-electron chi connectivity index (χ3n) is 2.14. The van der Waals surface area contributed by atoms with Crippen LogP contribution in [0.15, 0.2) is 0 Å². The highest BCUT2D eigenvalue weighted by atomic mass is 79.9. The summed E-state index contributed by atoms with van der Waals surface area (Å²) in [6.45, 7) is 2.29. The van der Waals surface area contributed by atoms with Crippen LogP contribution in [-0.2, 0) is 4.79 Å². The molecule has 2 aliphatic heterocycles. The van der Waals surface area contributed by atoms with Gasteiger partial charge in [0.1, 0.15) is 6.04 Å². The van der Waals surface area contributed by atoms with Gasteiger partial charge in [0.25, 0.3) is 0 Å². The highest BCUT2D eigenvalue weighted by molar-refractivity contribution is 9.09. The lowest BCUT2D eigenvalue weighted by atomic mass is 10.2. The van der Waals surface area contributed by atoms with E-state index in [0.29, 0.717) is 11.5 Å². The molecule has 2 rings (SSSR count). The van der Waals surface area contributed by atoms with Gasteiger partial charge in [-0.15, -0.1) is 0 Å². The molecule has 2 fully saturated rings. The Bertz CT molecular complexity index is 187. The molecule has 0 spiro atoms. The molecule has 0 saturated carbocycles. The predicted octanol–water partition coefficient (Wildman–Crippen LogP) is -0.932. The number of nitrogens with one attached hydrogen (secondary N) is 2. The van der Waals surface area contributed by atoms with Crippen molar-refractivity contribution in [2.75, 3.05) is 19.8 Å². The monoisotopic (exact) mass is 219 g/mol. The lowest BCUT2D eigenvalue weighted by molar-refractivity contribution is -0.127. The maximum atomic E-state index is 11.2. The lowest BCUT2D eigenvalue weighted by Crippen LogP contribution is -2.56. The van der Waals surface area contributed by atoms with Crippen LogP contribution in [0.3, 0.4) is 0 Å². The average molecular weight is 220 g/mol. The van der Waals surface area contributed by atoms with E-state index in [-0.39, 0.29) is 11.9 Å². The molecule has 0 aromatic heterocycles. The predicted molar refractivity (Wildman–Crippen MR) is 44.2 cm³/mol. The molecule has 0 bridgehead atoms. The fourth-order valence-electron chi connectivity index (χ4n) is 1.52. The number of carbonyl (C=O) groups excluding carboxylic acids is 1. The summed E-state index contributed by atoms with van der Waals surface area (Å²) in [7, 11) is 0. The van der Waals surface area contributed by atoms with Crippen LogP contribution in [0.25, 0.3) is 0 Å². The van der Waals surface area contributed by atoms with E-state index in [2.05, 4.69) is 31.5 Å². The Balaban J connectivity index is 2.14. The number of alkyl halides is 1. The molecule has 2 unspecified atom stereocenters. The molecule has 2 N–H and O–H groups in total. The number of rotatable bonds is 0. The molecule has 0 aromatic rings. The molecular weight excluding hydrogens is 210 g/mol. The van der Waals surface area contributed by atoms with Crippen molar-refractivity contribution in [1.82, 2.24) is 15.5 Å². The summed E-state index contributed by atoms with van der Waals surface area (Å²) in [5.41, 5.74) is 0.